The van der Waals surface area contributed by atoms with E-state index in [-0.39, 0.29) is 5.91 Å². The molecular weight excluding hydrogens is 258 g/mol. The predicted octanol–water partition coefficient (Wildman–Crippen LogP) is 3.28. The zero-order valence-corrected chi connectivity index (χ0v) is 11.5. The van der Waals surface area contributed by atoms with Gasteiger partial charge in [-0.15, -0.1) is 11.3 Å². The summed E-state index contributed by atoms with van der Waals surface area (Å²) in [6.07, 6.45) is 1.92. The highest BCUT2D eigenvalue weighted by atomic mass is 32.2. The molecule has 84 valence electrons. The highest BCUT2D eigenvalue weighted by Crippen LogP contribution is 2.33. The molecule has 1 aromatic heterocycles. The summed E-state index contributed by atoms with van der Waals surface area (Å²) in [7, 11) is 0. The Hall–Kier alpha value is -0.650. The van der Waals surface area contributed by atoms with E-state index >= 15 is 0 Å². The summed E-state index contributed by atoms with van der Waals surface area (Å²) in [4.78, 5) is 16.6. The van der Waals surface area contributed by atoms with Crippen LogP contribution in [0.2, 0.25) is 0 Å². The van der Waals surface area contributed by atoms with Crippen LogP contribution in [-0.2, 0) is 4.79 Å². The Balaban J connectivity index is 2.27. The molecule has 1 aromatic rings. The lowest BCUT2D eigenvalue weighted by atomic mass is 10.3. The topological polar surface area (TPSA) is 20.3 Å². The number of aryl methyl sites for hydroxylation is 1. The summed E-state index contributed by atoms with van der Waals surface area (Å²) in [6, 6.07) is 4.08. The summed E-state index contributed by atoms with van der Waals surface area (Å²) in [5.41, 5.74) is 0. The normalized spacial score (nSPS) is 18.9. The van der Waals surface area contributed by atoms with Crippen molar-refractivity contribution in [3.05, 3.63) is 26.8 Å². The van der Waals surface area contributed by atoms with Crippen LogP contribution in [0.5, 0.6) is 0 Å². The SMILES string of the molecule is CCN1C(=O)/C(=C/c2ccc(C)s2)SC1=S. The van der Waals surface area contributed by atoms with Crippen molar-refractivity contribution in [3.63, 3.8) is 0 Å². The minimum absolute atomic E-state index is 0.0311. The summed E-state index contributed by atoms with van der Waals surface area (Å²) >= 11 is 8.21. The van der Waals surface area contributed by atoms with Crippen LogP contribution in [0.15, 0.2) is 17.0 Å². The van der Waals surface area contributed by atoms with Gasteiger partial charge >= 0.3 is 0 Å². The van der Waals surface area contributed by atoms with Gasteiger partial charge in [0.05, 0.1) is 4.91 Å². The zero-order chi connectivity index (χ0) is 11.7. The van der Waals surface area contributed by atoms with Gasteiger partial charge in [-0.2, -0.15) is 0 Å². The van der Waals surface area contributed by atoms with Gasteiger partial charge in [0.15, 0.2) is 0 Å². The number of hydrogen-bond donors (Lipinski definition) is 0. The first-order valence-corrected chi connectivity index (χ1v) is 6.97. The van der Waals surface area contributed by atoms with Gasteiger partial charge in [-0.05, 0) is 32.1 Å². The standard InChI is InChI=1S/C11H11NOS3/c1-3-12-10(13)9(16-11(12)14)6-8-5-4-7(2)15-8/h4-6H,3H2,1-2H3/b9-6-. The lowest BCUT2D eigenvalue weighted by molar-refractivity contribution is -0.121. The number of hydrogen-bond acceptors (Lipinski definition) is 4. The van der Waals surface area contributed by atoms with Gasteiger partial charge < -0.3 is 0 Å². The second kappa shape index (κ2) is 4.69. The summed E-state index contributed by atoms with van der Waals surface area (Å²) in [5, 5.41) is 0. The molecule has 0 aliphatic carbocycles. The molecule has 0 atom stereocenters. The highest BCUT2D eigenvalue weighted by molar-refractivity contribution is 8.26. The van der Waals surface area contributed by atoms with Crippen LogP contribution in [0, 0.1) is 6.92 Å². The number of carbonyl (C=O) groups is 1. The van der Waals surface area contributed by atoms with E-state index in [9.17, 15) is 4.79 Å². The van der Waals surface area contributed by atoms with E-state index in [1.165, 1.54) is 16.6 Å². The third-order valence-electron chi connectivity index (χ3n) is 2.22. The van der Waals surface area contributed by atoms with Gasteiger partial charge in [0, 0.05) is 16.3 Å². The molecule has 1 fully saturated rings. The van der Waals surface area contributed by atoms with Crippen molar-refractivity contribution in [2.24, 2.45) is 0 Å². The Morgan fingerprint density at radius 1 is 1.50 bits per heavy atom. The van der Waals surface area contributed by atoms with Gasteiger partial charge in [-0.25, -0.2) is 0 Å². The van der Waals surface area contributed by atoms with Gasteiger partial charge in [0.1, 0.15) is 4.32 Å². The molecule has 0 N–H and O–H groups in total. The second-order valence-electron chi connectivity index (χ2n) is 3.37. The van der Waals surface area contributed by atoms with Crippen LogP contribution in [0.25, 0.3) is 6.08 Å². The molecule has 0 spiro atoms. The van der Waals surface area contributed by atoms with Crippen LogP contribution in [0.1, 0.15) is 16.7 Å². The van der Waals surface area contributed by atoms with E-state index in [1.807, 2.05) is 19.1 Å². The van der Waals surface area contributed by atoms with Crippen molar-refractivity contribution in [1.82, 2.24) is 4.90 Å². The van der Waals surface area contributed by atoms with Gasteiger partial charge in [0.2, 0.25) is 0 Å². The Morgan fingerprint density at radius 2 is 2.25 bits per heavy atom. The van der Waals surface area contributed by atoms with Crippen LogP contribution in [-0.4, -0.2) is 21.7 Å². The first-order chi connectivity index (χ1) is 7.61. The molecule has 2 nitrogen and oxygen atoms in total. The van der Waals surface area contributed by atoms with E-state index in [0.29, 0.717) is 10.9 Å². The van der Waals surface area contributed by atoms with E-state index in [2.05, 4.69) is 13.0 Å². The molecule has 5 heteroatoms. The minimum atomic E-state index is 0.0311. The summed E-state index contributed by atoms with van der Waals surface area (Å²) < 4.78 is 0.659. The molecule has 0 saturated carbocycles. The number of amides is 1. The second-order valence-corrected chi connectivity index (χ2v) is 6.37. The highest BCUT2D eigenvalue weighted by Gasteiger charge is 2.30. The third kappa shape index (κ3) is 2.21. The molecule has 0 aromatic carbocycles. The number of nitrogens with zero attached hydrogens (tertiary/aromatic N) is 1. The number of thiophene rings is 1. The van der Waals surface area contributed by atoms with Gasteiger partial charge in [-0.1, -0.05) is 24.0 Å². The quantitative estimate of drug-likeness (QED) is 0.607. The van der Waals surface area contributed by atoms with Crippen LogP contribution >= 0.6 is 35.3 Å². The van der Waals surface area contributed by atoms with Crippen molar-refractivity contribution in [2.45, 2.75) is 13.8 Å². The molecule has 0 bridgehead atoms. The molecule has 0 unspecified atom stereocenters. The maximum atomic E-state index is 11.9. The number of thioether (sulfide) groups is 1. The molecule has 0 radical (unpaired) electrons. The van der Waals surface area contributed by atoms with Crippen LogP contribution < -0.4 is 0 Å². The number of rotatable bonds is 2. The maximum Gasteiger partial charge on any atom is 0.266 e. The van der Waals surface area contributed by atoms with E-state index < -0.39 is 0 Å². The lowest BCUT2D eigenvalue weighted by Gasteiger charge is -2.09. The van der Waals surface area contributed by atoms with Gasteiger partial charge in [0.25, 0.3) is 5.91 Å². The number of thiocarbonyl (C=S) groups is 1. The molecule has 2 heterocycles. The first kappa shape index (κ1) is 11.8. The van der Waals surface area contributed by atoms with Crippen LogP contribution in [0.4, 0.5) is 0 Å². The molecule has 1 saturated heterocycles. The Labute approximate surface area is 108 Å². The Bertz CT molecular complexity index is 475. The smallest absolute Gasteiger partial charge is 0.266 e. The molecule has 1 aliphatic heterocycles. The monoisotopic (exact) mass is 269 g/mol. The summed E-state index contributed by atoms with van der Waals surface area (Å²) in [6.45, 7) is 4.63. The minimum Gasteiger partial charge on any atom is -0.293 e. The largest absolute Gasteiger partial charge is 0.293 e. The predicted molar refractivity (Wildman–Crippen MR) is 74.6 cm³/mol. The number of likely N-dealkylation sites (N-methyl/N-ethyl adjacent to an activating group) is 1. The molecule has 1 amide bonds. The summed E-state index contributed by atoms with van der Waals surface area (Å²) in [5.74, 6) is 0.0311. The van der Waals surface area contributed by atoms with E-state index in [1.54, 1.807) is 16.2 Å². The van der Waals surface area contributed by atoms with Crippen molar-refractivity contribution in [1.29, 1.82) is 0 Å². The van der Waals surface area contributed by atoms with E-state index in [4.69, 9.17) is 12.2 Å². The van der Waals surface area contributed by atoms with Gasteiger partial charge in [-0.3, -0.25) is 9.69 Å². The number of carbonyl (C=O) groups excluding carboxylic acids is 1. The third-order valence-corrected chi connectivity index (χ3v) is 4.55. The lowest BCUT2D eigenvalue weighted by Crippen LogP contribution is -2.27. The fraction of sp³-hybridized carbons (Fsp3) is 0.273. The Kier molecular flexibility index (Phi) is 3.47. The Morgan fingerprint density at radius 3 is 2.75 bits per heavy atom. The van der Waals surface area contributed by atoms with Crippen molar-refractivity contribution in [3.8, 4) is 0 Å². The van der Waals surface area contributed by atoms with E-state index in [0.717, 1.165) is 9.78 Å². The first-order valence-electron chi connectivity index (χ1n) is 4.93. The fourth-order valence-corrected chi connectivity index (χ4v) is 3.70. The maximum absolute atomic E-state index is 11.9. The van der Waals surface area contributed by atoms with Crippen LogP contribution in [0.3, 0.4) is 0 Å². The fourth-order valence-electron chi connectivity index (χ4n) is 1.43. The van der Waals surface area contributed by atoms with Crippen molar-refractivity contribution in [2.75, 3.05) is 6.54 Å². The average molecular weight is 269 g/mol. The van der Waals surface area contributed by atoms with Crippen molar-refractivity contribution >= 4 is 51.6 Å². The average Bonchev–Trinajstić information content (AvgIpc) is 2.74. The molecule has 2 rings (SSSR count). The molecule has 16 heavy (non-hydrogen) atoms. The zero-order valence-electron chi connectivity index (χ0n) is 9.02. The molecular formula is C11H11NOS3. The molecule has 1 aliphatic rings. The van der Waals surface area contributed by atoms with Crippen molar-refractivity contribution < 1.29 is 4.79 Å².